The summed E-state index contributed by atoms with van der Waals surface area (Å²) in [4.78, 5) is 10.4. The lowest BCUT2D eigenvalue weighted by Crippen LogP contribution is -2.02. The average molecular weight is 183 g/mol. The SMILES string of the molecule is NC(=O)SCc1ccc(O)cc1. The Balaban J connectivity index is 2.53. The van der Waals surface area contributed by atoms with Crippen LogP contribution in [0.15, 0.2) is 24.3 Å². The lowest BCUT2D eigenvalue weighted by molar-refractivity contribution is 0.267. The number of aromatic hydroxyl groups is 1. The maximum atomic E-state index is 10.4. The Bertz CT molecular complexity index is 271. The van der Waals surface area contributed by atoms with Crippen molar-refractivity contribution in [2.24, 2.45) is 5.73 Å². The normalized spacial score (nSPS) is 9.67. The van der Waals surface area contributed by atoms with Crippen LogP contribution in [0, 0.1) is 0 Å². The van der Waals surface area contributed by atoms with Gasteiger partial charge >= 0.3 is 0 Å². The van der Waals surface area contributed by atoms with Crippen LogP contribution in [0.4, 0.5) is 4.79 Å². The molecule has 0 bridgehead atoms. The van der Waals surface area contributed by atoms with E-state index in [1.807, 2.05) is 0 Å². The first-order chi connectivity index (χ1) is 5.68. The van der Waals surface area contributed by atoms with Crippen molar-refractivity contribution >= 4 is 17.0 Å². The maximum Gasteiger partial charge on any atom is 0.276 e. The largest absolute Gasteiger partial charge is 0.508 e. The minimum absolute atomic E-state index is 0.225. The number of hydrogen-bond acceptors (Lipinski definition) is 3. The molecular weight excluding hydrogens is 174 g/mol. The molecule has 64 valence electrons. The summed E-state index contributed by atoms with van der Waals surface area (Å²) in [6.45, 7) is 0. The standard InChI is InChI=1S/C8H9NO2S/c9-8(11)12-5-6-1-3-7(10)4-2-6/h1-4,10H,5H2,(H2,9,11). The van der Waals surface area contributed by atoms with E-state index in [2.05, 4.69) is 0 Å². The molecule has 0 heterocycles. The molecule has 0 saturated heterocycles. The van der Waals surface area contributed by atoms with E-state index in [-0.39, 0.29) is 11.0 Å². The molecular formula is C8H9NO2S. The Morgan fingerprint density at radius 2 is 2.00 bits per heavy atom. The van der Waals surface area contributed by atoms with Crippen LogP contribution < -0.4 is 5.73 Å². The van der Waals surface area contributed by atoms with Crippen molar-refractivity contribution in [3.05, 3.63) is 29.8 Å². The summed E-state index contributed by atoms with van der Waals surface area (Å²) in [6.07, 6.45) is 0. The molecule has 3 N–H and O–H groups in total. The third kappa shape index (κ3) is 2.84. The van der Waals surface area contributed by atoms with Crippen molar-refractivity contribution in [1.82, 2.24) is 0 Å². The van der Waals surface area contributed by atoms with E-state index < -0.39 is 0 Å². The Morgan fingerprint density at radius 1 is 1.42 bits per heavy atom. The molecule has 0 atom stereocenters. The number of hydrogen-bond donors (Lipinski definition) is 2. The van der Waals surface area contributed by atoms with Gasteiger partial charge in [-0.1, -0.05) is 23.9 Å². The summed E-state index contributed by atoms with van der Waals surface area (Å²) < 4.78 is 0. The lowest BCUT2D eigenvalue weighted by atomic mass is 10.2. The summed E-state index contributed by atoms with van der Waals surface area (Å²) in [7, 11) is 0. The minimum atomic E-state index is -0.386. The fourth-order valence-electron chi connectivity index (χ4n) is 0.747. The zero-order valence-corrected chi connectivity index (χ0v) is 7.17. The van der Waals surface area contributed by atoms with Gasteiger partial charge in [0.05, 0.1) is 0 Å². The number of carbonyl (C=O) groups is 1. The molecule has 0 radical (unpaired) electrons. The van der Waals surface area contributed by atoms with E-state index in [1.54, 1.807) is 24.3 Å². The third-order valence-corrected chi connectivity index (χ3v) is 2.08. The van der Waals surface area contributed by atoms with Gasteiger partial charge in [-0.25, -0.2) is 0 Å². The lowest BCUT2D eigenvalue weighted by Gasteiger charge is -1.97. The van der Waals surface area contributed by atoms with Gasteiger partial charge in [0.2, 0.25) is 0 Å². The molecule has 1 amide bonds. The molecule has 0 aliphatic heterocycles. The van der Waals surface area contributed by atoms with E-state index in [0.29, 0.717) is 5.75 Å². The minimum Gasteiger partial charge on any atom is -0.508 e. The van der Waals surface area contributed by atoms with Gasteiger partial charge < -0.3 is 10.8 Å². The van der Waals surface area contributed by atoms with Crippen molar-refractivity contribution in [3.8, 4) is 5.75 Å². The van der Waals surface area contributed by atoms with Crippen LogP contribution >= 0.6 is 11.8 Å². The fourth-order valence-corrected chi connectivity index (χ4v) is 1.25. The van der Waals surface area contributed by atoms with Gasteiger partial charge in [-0.3, -0.25) is 4.79 Å². The zero-order valence-electron chi connectivity index (χ0n) is 6.36. The molecule has 1 aromatic carbocycles. The molecule has 1 rings (SSSR count). The van der Waals surface area contributed by atoms with Crippen LogP contribution in [0.3, 0.4) is 0 Å². The highest BCUT2D eigenvalue weighted by Crippen LogP contribution is 2.15. The first-order valence-electron chi connectivity index (χ1n) is 3.38. The smallest absolute Gasteiger partial charge is 0.276 e. The maximum absolute atomic E-state index is 10.4. The number of rotatable bonds is 2. The second-order valence-electron chi connectivity index (χ2n) is 2.27. The second kappa shape index (κ2) is 4.01. The van der Waals surface area contributed by atoms with Crippen LogP contribution in [0.1, 0.15) is 5.56 Å². The van der Waals surface area contributed by atoms with Crippen molar-refractivity contribution < 1.29 is 9.90 Å². The number of phenolic OH excluding ortho intramolecular Hbond substituents is 1. The van der Waals surface area contributed by atoms with Crippen LogP contribution in [0.5, 0.6) is 5.75 Å². The Labute approximate surface area is 74.6 Å². The summed E-state index contributed by atoms with van der Waals surface area (Å²) >= 11 is 1.05. The molecule has 3 nitrogen and oxygen atoms in total. The van der Waals surface area contributed by atoms with Gasteiger partial charge in [-0.2, -0.15) is 0 Å². The molecule has 0 unspecified atom stereocenters. The van der Waals surface area contributed by atoms with Crippen LogP contribution in [-0.4, -0.2) is 10.3 Å². The van der Waals surface area contributed by atoms with Gasteiger partial charge in [0, 0.05) is 5.75 Å². The molecule has 0 saturated carbocycles. The van der Waals surface area contributed by atoms with Crippen molar-refractivity contribution in [3.63, 3.8) is 0 Å². The number of nitrogens with two attached hydrogens (primary N) is 1. The van der Waals surface area contributed by atoms with Crippen molar-refractivity contribution in [1.29, 1.82) is 0 Å². The fraction of sp³-hybridized carbons (Fsp3) is 0.125. The number of carbonyl (C=O) groups excluding carboxylic acids is 1. The summed E-state index contributed by atoms with van der Waals surface area (Å²) in [5, 5.41) is 8.55. The zero-order chi connectivity index (χ0) is 8.97. The average Bonchev–Trinajstić information content (AvgIpc) is 2.03. The molecule has 4 heteroatoms. The number of thioether (sulfide) groups is 1. The molecule has 0 spiro atoms. The van der Waals surface area contributed by atoms with Crippen molar-refractivity contribution in [2.45, 2.75) is 5.75 Å². The molecule has 0 aliphatic carbocycles. The second-order valence-corrected chi connectivity index (χ2v) is 3.25. The van der Waals surface area contributed by atoms with E-state index >= 15 is 0 Å². The molecule has 0 fully saturated rings. The van der Waals surface area contributed by atoms with Gasteiger partial charge in [0.25, 0.3) is 5.24 Å². The Kier molecular flexibility index (Phi) is 2.99. The quantitative estimate of drug-likeness (QED) is 0.733. The van der Waals surface area contributed by atoms with Gasteiger partial charge in [-0.15, -0.1) is 0 Å². The first kappa shape index (κ1) is 8.93. The topological polar surface area (TPSA) is 63.3 Å². The first-order valence-corrected chi connectivity index (χ1v) is 4.37. The van der Waals surface area contributed by atoms with Crippen LogP contribution in [-0.2, 0) is 5.75 Å². The monoisotopic (exact) mass is 183 g/mol. The number of phenols is 1. The van der Waals surface area contributed by atoms with Gasteiger partial charge in [-0.05, 0) is 17.7 Å². The predicted octanol–water partition coefficient (Wildman–Crippen LogP) is 1.70. The number of benzene rings is 1. The van der Waals surface area contributed by atoms with E-state index in [0.717, 1.165) is 17.3 Å². The van der Waals surface area contributed by atoms with Gasteiger partial charge in [0.1, 0.15) is 5.75 Å². The van der Waals surface area contributed by atoms with Gasteiger partial charge in [0.15, 0.2) is 0 Å². The van der Waals surface area contributed by atoms with Crippen molar-refractivity contribution in [2.75, 3.05) is 0 Å². The Morgan fingerprint density at radius 3 is 2.50 bits per heavy atom. The number of primary amides is 1. The predicted molar refractivity (Wildman–Crippen MR) is 49.0 cm³/mol. The highest BCUT2D eigenvalue weighted by atomic mass is 32.2. The molecule has 1 aromatic rings. The third-order valence-electron chi connectivity index (χ3n) is 1.32. The van der Waals surface area contributed by atoms with E-state index in [1.165, 1.54) is 0 Å². The molecule has 0 aliphatic rings. The van der Waals surface area contributed by atoms with Crippen LogP contribution in [0.25, 0.3) is 0 Å². The highest BCUT2D eigenvalue weighted by Gasteiger charge is 1.97. The molecule has 0 aromatic heterocycles. The number of amides is 1. The van der Waals surface area contributed by atoms with E-state index in [4.69, 9.17) is 10.8 Å². The van der Waals surface area contributed by atoms with E-state index in [9.17, 15) is 4.79 Å². The molecule has 12 heavy (non-hydrogen) atoms. The highest BCUT2D eigenvalue weighted by molar-refractivity contribution is 8.12. The van der Waals surface area contributed by atoms with Crippen LogP contribution in [0.2, 0.25) is 0 Å². The summed E-state index contributed by atoms with van der Waals surface area (Å²) in [6, 6.07) is 6.67. The Hall–Kier alpha value is -1.16. The summed E-state index contributed by atoms with van der Waals surface area (Å²) in [5.74, 6) is 0.776. The summed E-state index contributed by atoms with van der Waals surface area (Å²) in [5.41, 5.74) is 5.91.